The van der Waals surface area contributed by atoms with Crippen LogP contribution in [-0.4, -0.2) is 55.0 Å². The zero-order chi connectivity index (χ0) is 32.1. The summed E-state index contributed by atoms with van der Waals surface area (Å²) < 4.78 is 47.0. The fourth-order valence-electron chi connectivity index (χ4n) is 5.43. The smallest absolute Gasteiger partial charge is 0.247 e. The van der Waals surface area contributed by atoms with Gasteiger partial charge in [-0.05, 0) is 74.5 Å². The maximum atomic E-state index is 15.7. The number of methoxy groups -OCH3 is 1. The number of anilines is 2. The molecule has 0 atom stereocenters. The minimum Gasteiger partial charge on any atom is -0.493 e. The van der Waals surface area contributed by atoms with Crippen LogP contribution in [0, 0.1) is 17.0 Å². The molecule has 0 bridgehead atoms. The molecule has 1 saturated carbocycles. The number of nitrogens with two attached hydrogens (primary N) is 1. The third-order valence-electron chi connectivity index (χ3n) is 8.32. The number of ether oxygens (including phenoxy) is 3. The van der Waals surface area contributed by atoms with Crippen LogP contribution in [0.25, 0.3) is 10.9 Å². The van der Waals surface area contributed by atoms with E-state index in [1.54, 1.807) is 24.4 Å². The van der Waals surface area contributed by atoms with E-state index in [1.807, 2.05) is 0 Å². The summed E-state index contributed by atoms with van der Waals surface area (Å²) in [5, 5.41) is 0.574. The monoisotopic (exact) mass is 618 g/mol. The SMILES string of the molecule is CCN(CC)CCOc1cc2nccc(Oc3ccc(N(C(=O)C4(C(N)=O)CCC4)c4ccc(F)cc4)cc3F)c2cc1OC. The maximum absolute atomic E-state index is 15.7. The number of primary amides is 1. The van der Waals surface area contributed by atoms with E-state index in [0.717, 1.165) is 25.7 Å². The molecule has 0 radical (unpaired) electrons. The number of pyridine rings is 1. The quantitative estimate of drug-likeness (QED) is 0.174. The minimum atomic E-state index is -1.41. The van der Waals surface area contributed by atoms with Crippen molar-refractivity contribution >= 4 is 34.1 Å². The number of carbonyl (C=O) groups excluding carboxylic acids is 2. The van der Waals surface area contributed by atoms with Crippen LogP contribution in [0.4, 0.5) is 20.2 Å². The zero-order valence-corrected chi connectivity index (χ0v) is 25.5. The molecule has 0 unspecified atom stereocenters. The summed E-state index contributed by atoms with van der Waals surface area (Å²) in [5.74, 6) is -1.38. The Labute approximate surface area is 260 Å². The summed E-state index contributed by atoms with van der Waals surface area (Å²) in [6.45, 7) is 7.25. The molecule has 4 aromatic rings. The van der Waals surface area contributed by atoms with Gasteiger partial charge in [-0.2, -0.15) is 0 Å². The van der Waals surface area contributed by atoms with Crippen LogP contribution in [0.1, 0.15) is 33.1 Å². The van der Waals surface area contributed by atoms with Gasteiger partial charge in [-0.25, -0.2) is 8.78 Å². The number of likely N-dealkylation sites (N-methyl/N-ethyl adjacent to an activating group) is 1. The van der Waals surface area contributed by atoms with Gasteiger partial charge in [0.15, 0.2) is 23.1 Å². The topological polar surface area (TPSA) is 107 Å². The van der Waals surface area contributed by atoms with Crippen LogP contribution in [-0.2, 0) is 9.59 Å². The highest BCUT2D eigenvalue weighted by atomic mass is 19.1. The van der Waals surface area contributed by atoms with Crippen LogP contribution < -0.4 is 24.8 Å². The molecule has 0 spiro atoms. The number of nitrogens with zero attached hydrogens (tertiary/aromatic N) is 3. The first kappa shape index (κ1) is 31.6. The first-order valence-corrected chi connectivity index (χ1v) is 14.9. The number of rotatable bonds is 13. The van der Waals surface area contributed by atoms with Crippen molar-refractivity contribution in [3.8, 4) is 23.0 Å². The van der Waals surface area contributed by atoms with Gasteiger partial charge in [-0.15, -0.1) is 0 Å². The van der Waals surface area contributed by atoms with Gasteiger partial charge in [0.25, 0.3) is 0 Å². The Hall–Kier alpha value is -4.77. The normalized spacial score (nSPS) is 13.7. The third-order valence-corrected chi connectivity index (χ3v) is 8.32. The molecule has 1 aliphatic carbocycles. The lowest BCUT2D eigenvalue weighted by molar-refractivity contribution is -0.145. The molecule has 11 heteroatoms. The Morgan fingerprint density at radius 2 is 1.62 bits per heavy atom. The Kier molecular flexibility index (Phi) is 9.48. The lowest BCUT2D eigenvalue weighted by Crippen LogP contribution is -2.54. The fourth-order valence-corrected chi connectivity index (χ4v) is 5.43. The van der Waals surface area contributed by atoms with Crippen molar-refractivity contribution in [2.45, 2.75) is 33.1 Å². The highest BCUT2D eigenvalue weighted by Gasteiger charge is 2.52. The lowest BCUT2D eigenvalue weighted by Gasteiger charge is -2.40. The molecule has 0 aliphatic heterocycles. The van der Waals surface area contributed by atoms with Crippen LogP contribution in [0.2, 0.25) is 0 Å². The van der Waals surface area contributed by atoms with Gasteiger partial charge in [0, 0.05) is 35.9 Å². The molecule has 9 nitrogen and oxygen atoms in total. The van der Waals surface area contributed by atoms with Gasteiger partial charge in [0.05, 0.1) is 18.3 Å². The summed E-state index contributed by atoms with van der Waals surface area (Å²) in [5.41, 5.74) is 5.20. The zero-order valence-electron chi connectivity index (χ0n) is 25.5. The molecule has 1 fully saturated rings. The number of hydrogen-bond donors (Lipinski definition) is 1. The van der Waals surface area contributed by atoms with E-state index in [0.29, 0.717) is 41.2 Å². The molecule has 5 rings (SSSR count). The standard InChI is InChI=1S/C34H36F2N4O5/c1-4-39(5-2)17-18-44-31-21-27-25(20-30(31)43-3)28(13-16-38-27)45-29-12-11-24(19-26(29)36)40(23-9-7-22(35)8-10-23)33(42)34(32(37)41)14-6-15-34/h7-13,16,19-21H,4-6,14-15,17-18H2,1-3H3,(H2,37,41). The van der Waals surface area contributed by atoms with E-state index in [2.05, 4.69) is 23.7 Å². The van der Waals surface area contributed by atoms with Crippen molar-refractivity contribution in [2.75, 3.05) is 38.3 Å². The van der Waals surface area contributed by atoms with Crippen molar-refractivity contribution in [3.63, 3.8) is 0 Å². The number of carbonyl (C=O) groups is 2. The number of halogens is 2. The average Bonchev–Trinajstić information content (AvgIpc) is 3.00. The van der Waals surface area contributed by atoms with Gasteiger partial charge in [-0.3, -0.25) is 19.5 Å². The van der Waals surface area contributed by atoms with E-state index in [1.165, 1.54) is 48.4 Å². The summed E-state index contributed by atoms with van der Waals surface area (Å²) in [6.07, 6.45) is 2.77. The lowest BCUT2D eigenvalue weighted by atomic mass is 9.67. The third kappa shape index (κ3) is 6.39. The van der Waals surface area contributed by atoms with Crippen LogP contribution in [0.5, 0.6) is 23.0 Å². The molecule has 236 valence electrons. The number of amides is 2. The highest BCUT2D eigenvalue weighted by molar-refractivity contribution is 6.15. The van der Waals surface area contributed by atoms with Crippen molar-refractivity contribution < 1.29 is 32.6 Å². The summed E-state index contributed by atoms with van der Waals surface area (Å²) in [7, 11) is 1.54. The predicted molar refractivity (Wildman–Crippen MR) is 167 cm³/mol. The first-order chi connectivity index (χ1) is 21.7. The van der Waals surface area contributed by atoms with Crippen molar-refractivity contribution in [3.05, 3.63) is 78.5 Å². The Morgan fingerprint density at radius 1 is 0.911 bits per heavy atom. The van der Waals surface area contributed by atoms with E-state index >= 15 is 4.39 Å². The van der Waals surface area contributed by atoms with Gasteiger partial charge in [-0.1, -0.05) is 20.3 Å². The Morgan fingerprint density at radius 3 is 2.22 bits per heavy atom. The van der Waals surface area contributed by atoms with Crippen LogP contribution >= 0.6 is 0 Å². The highest BCUT2D eigenvalue weighted by Crippen LogP contribution is 2.45. The second-order valence-corrected chi connectivity index (χ2v) is 10.8. The molecule has 2 N–H and O–H groups in total. The van der Waals surface area contributed by atoms with E-state index in [-0.39, 0.29) is 30.0 Å². The molecule has 2 amide bonds. The number of benzene rings is 3. The van der Waals surface area contributed by atoms with Gasteiger partial charge < -0.3 is 24.8 Å². The molecule has 3 aromatic carbocycles. The van der Waals surface area contributed by atoms with Crippen LogP contribution in [0.3, 0.4) is 0 Å². The summed E-state index contributed by atoms with van der Waals surface area (Å²) in [6, 6.07) is 14.3. The molecular weight excluding hydrogens is 582 g/mol. The molecule has 45 heavy (non-hydrogen) atoms. The second kappa shape index (κ2) is 13.5. The number of hydrogen-bond acceptors (Lipinski definition) is 7. The Balaban J connectivity index is 1.44. The van der Waals surface area contributed by atoms with Gasteiger partial charge in [0.2, 0.25) is 11.8 Å². The Bertz CT molecular complexity index is 1690. The first-order valence-electron chi connectivity index (χ1n) is 14.9. The van der Waals surface area contributed by atoms with E-state index in [4.69, 9.17) is 19.9 Å². The predicted octanol–water partition coefficient (Wildman–Crippen LogP) is 6.35. The van der Waals surface area contributed by atoms with Gasteiger partial charge >= 0.3 is 0 Å². The average molecular weight is 619 g/mol. The van der Waals surface area contributed by atoms with Crippen molar-refractivity contribution in [1.82, 2.24) is 9.88 Å². The van der Waals surface area contributed by atoms with E-state index < -0.39 is 28.9 Å². The minimum absolute atomic E-state index is 0.107. The van der Waals surface area contributed by atoms with Crippen molar-refractivity contribution in [2.24, 2.45) is 11.1 Å². The molecule has 0 saturated heterocycles. The van der Waals surface area contributed by atoms with Crippen LogP contribution in [0.15, 0.2) is 66.9 Å². The molecular formula is C34H36F2N4O5. The fraction of sp³-hybridized carbons (Fsp3) is 0.324. The summed E-state index contributed by atoms with van der Waals surface area (Å²) in [4.78, 5) is 34.0. The summed E-state index contributed by atoms with van der Waals surface area (Å²) >= 11 is 0. The molecule has 1 aliphatic rings. The largest absolute Gasteiger partial charge is 0.493 e. The second-order valence-electron chi connectivity index (χ2n) is 10.8. The number of fused-ring (bicyclic) bond motifs is 1. The van der Waals surface area contributed by atoms with Gasteiger partial charge in [0.1, 0.15) is 23.6 Å². The van der Waals surface area contributed by atoms with E-state index in [9.17, 15) is 14.0 Å². The molecule has 1 aromatic heterocycles. The molecule has 1 heterocycles. The maximum Gasteiger partial charge on any atom is 0.247 e. The van der Waals surface area contributed by atoms with Crippen molar-refractivity contribution in [1.29, 1.82) is 0 Å². The number of aromatic nitrogens is 1.